The van der Waals surface area contributed by atoms with Crippen LogP contribution >= 0.6 is 11.3 Å². The molecule has 2 aromatic heterocycles. The summed E-state index contributed by atoms with van der Waals surface area (Å²) < 4.78 is 1.33. The topological polar surface area (TPSA) is 80.9 Å². The molecule has 2 aromatic rings. The van der Waals surface area contributed by atoms with Crippen molar-refractivity contribution in [2.45, 2.75) is 0 Å². The van der Waals surface area contributed by atoms with Crippen molar-refractivity contribution in [1.29, 1.82) is 0 Å². The quantitative estimate of drug-likeness (QED) is 0.752. The number of hydrogen-bond acceptors (Lipinski definition) is 5. The molecule has 6 nitrogen and oxygen atoms in total. The Hall–Kier alpha value is -1.76. The number of carboxylic acid groups (broad SMARTS) is 1. The number of thiazole rings is 1. The van der Waals surface area contributed by atoms with Gasteiger partial charge >= 0.3 is 5.97 Å². The van der Waals surface area contributed by atoms with Gasteiger partial charge < -0.3 is 5.11 Å². The molecule has 0 aliphatic carbocycles. The van der Waals surface area contributed by atoms with Crippen molar-refractivity contribution in [3.8, 4) is 5.13 Å². The van der Waals surface area contributed by atoms with Gasteiger partial charge in [-0.3, -0.25) is 0 Å². The van der Waals surface area contributed by atoms with E-state index < -0.39 is 5.97 Å². The predicted molar refractivity (Wildman–Crippen MR) is 44.0 cm³/mol. The molecule has 7 heteroatoms. The zero-order valence-electron chi connectivity index (χ0n) is 6.28. The maximum Gasteiger partial charge on any atom is 0.375 e. The molecule has 0 saturated carbocycles. The van der Waals surface area contributed by atoms with E-state index in [1.807, 2.05) is 0 Å². The lowest BCUT2D eigenvalue weighted by molar-refractivity contribution is 0.0683. The van der Waals surface area contributed by atoms with E-state index in [1.165, 1.54) is 22.3 Å². The molecule has 0 spiro atoms. The minimum absolute atomic E-state index is 0.227. The Morgan fingerprint density at radius 1 is 1.54 bits per heavy atom. The first kappa shape index (κ1) is 7.87. The Morgan fingerprint density at radius 2 is 2.38 bits per heavy atom. The lowest BCUT2D eigenvalue weighted by Gasteiger charge is -1.89. The molecule has 66 valence electrons. The Bertz CT molecular complexity index is 422. The molecular weight excluding hydrogens is 192 g/mol. The largest absolute Gasteiger partial charge is 0.475 e. The zero-order chi connectivity index (χ0) is 9.26. The lowest BCUT2D eigenvalue weighted by Crippen LogP contribution is -2.01. The molecule has 2 rings (SSSR count). The molecule has 0 aliphatic heterocycles. The standard InChI is InChI=1S/C6H4N4O2S/c11-5(12)4-8-3-10(9-4)6-7-1-2-13-6/h1-3H,(H,11,12). The predicted octanol–water partition coefficient (Wildman–Crippen LogP) is 0.422. The van der Waals surface area contributed by atoms with Crippen LogP contribution in [0.4, 0.5) is 0 Å². The maximum absolute atomic E-state index is 10.4. The van der Waals surface area contributed by atoms with E-state index in [0.29, 0.717) is 5.13 Å². The third-order valence-electron chi connectivity index (χ3n) is 1.30. The van der Waals surface area contributed by atoms with E-state index >= 15 is 0 Å². The fourth-order valence-corrected chi connectivity index (χ4v) is 1.34. The van der Waals surface area contributed by atoms with E-state index in [9.17, 15) is 4.79 Å². The molecule has 0 bridgehead atoms. The number of rotatable bonds is 2. The van der Waals surface area contributed by atoms with Gasteiger partial charge in [-0.2, -0.15) is 4.68 Å². The first-order chi connectivity index (χ1) is 6.27. The summed E-state index contributed by atoms with van der Waals surface area (Å²) in [6, 6.07) is 0. The summed E-state index contributed by atoms with van der Waals surface area (Å²) in [4.78, 5) is 18.0. The molecule has 0 aromatic carbocycles. The Labute approximate surface area is 76.5 Å². The summed E-state index contributed by atoms with van der Waals surface area (Å²) in [7, 11) is 0. The average molecular weight is 196 g/mol. The SMILES string of the molecule is O=C(O)c1ncn(-c2nccs2)n1. The normalized spacial score (nSPS) is 10.2. The van der Waals surface area contributed by atoms with Gasteiger partial charge in [0.1, 0.15) is 6.33 Å². The van der Waals surface area contributed by atoms with Crippen molar-refractivity contribution in [3.05, 3.63) is 23.7 Å². The number of aromatic carboxylic acids is 1. The molecule has 2 heterocycles. The molecule has 0 fully saturated rings. The van der Waals surface area contributed by atoms with Crippen LogP contribution in [0.2, 0.25) is 0 Å². The molecule has 0 unspecified atom stereocenters. The van der Waals surface area contributed by atoms with Crippen molar-refractivity contribution in [2.24, 2.45) is 0 Å². The van der Waals surface area contributed by atoms with Crippen LogP contribution in [-0.2, 0) is 0 Å². The van der Waals surface area contributed by atoms with Gasteiger partial charge in [0.15, 0.2) is 0 Å². The van der Waals surface area contributed by atoms with Crippen LogP contribution in [0.25, 0.3) is 5.13 Å². The second kappa shape index (κ2) is 2.94. The molecule has 0 saturated heterocycles. The van der Waals surface area contributed by atoms with Crippen molar-refractivity contribution in [3.63, 3.8) is 0 Å². The van der Waals surface area contributed by atoms with Gasteiger partial charge in [-0.15, -0.1) is 16.4 Å². The number of carbonyl (C=O) groups is 1. The first-order valence-corrected chi connectivity index (χ1v) is 4.20. The van der Waals surface area contributed by atoms with E-state index in [2.05, 4.69) is 15.1 Å². The monoisotopic (exact) mass is 196 g/mol. The summed E-state index contributed by atoms with van der Waals surface area (Å²) in [5.74, 6) is -1.37. The highest BCUT2D eigenvalue weighted by atomic mass is 32.1. The second-order valence-electron chi connectivity index (χ2n) is 2.13. The van der Waals surface area contributed by atoms with Gasteiger partial charge in [0.2, 0.25) is 5.13 Å². The van der Waals surface area contributed by atoms with E-state index in [0.717, 1.165) is 0 Å². The lowest BCUT2D eigenvalue weighted by atomic mass is 10.7. The van der Waals surface area contributed by atoms with Crippen molar-refractivity contribution in [1.82, 2.24) is 19.7 Å². The van der Waals surface area contributed by atoms with Crippen molar-refractivity contribution < 1.29 is 9.90 Å². The summed E-state index contributed by atoms with van der Waals surface area (Å²) in [6.45, 7) is 0. The average Bonchev–Trinajstić information content (AvgIpc) is 2.75. The van der Waals surface area contributed by atoms with Crippen LogP contribution in [0, 0.1) is 0 Å². The van der Waals surface area contributed by atoms with Crippen LogP contribution < -0.4 is 0 Å². The smallest absolute Gasteiger partial charge is 0.375 e. The second-order valence-corrected chi connectivity index (χ2v) is 3.01. The van der Waals surface area contributed by atoms with Crippen LogP contribution in [0.5, 0.6) is 0 Å². The highest BCUT2D eigenvalue weighted by molar-refractivity contribution is 7.12. The van der Waals surface area contributed by atoms with E-state index in [4.69, 9.17) is 5.11 Å². The Morgan fingerprint density at radius 3 is 2.92 bits per heavy atom. The fraction of sp³-hybridized carbons (Fsp3) is 0. The maximum atomic E-state index is 10.4. The summed E-state index contributed by atoms with van der Waals surface area (Å²) in [5.41, 5.74) is 0. The van der Waals surface area contributed by atoms with E-state index in [1.54, 1.807) is 11.6 Å². The highest BCUT2D eigenvalue weighted by Gasteiger charge is 2.10. The minimum atomic E-state index is -1.14. The van der Waals surface area contributed by atoms with Crippen molar-refractivity contribution in [2.75, 3.05) is 0 Å². The molecule has 13 heavy (non-hydrogen) atoms. The molecular formula is C6H4N4O2S. The van der Waals surface area contributed by atoms with E-state index in [-0.39, 0.29) is 5.82 Å². The fourth-order valence-electron chi connectivity index (χ4n) is 0.782. The number of aromatic nitrogens is 4. The minimum Gasteiger partial charge on any atom is -0.475 e. The number of hydrogen-bond donors (Lipinski definition) is 1. The Balaban J connectivity index is 2.39. The third kappa shape index (κ3) is 1.41. The van der Waals surface area contributed by atoms with Crippen molar-refractivity contribution >= 4 is 17.3 Å². The van der Waals surface area contributed by atoms with Gasteiger partial charge in [-0.1, -0.05) is 0 Å². The van der Waals surface area contributed by atoms with Gasteiger partial charge in [-0.25, -0.2) is 14.8 Å². The zero-order valence-corrected chi connectivity index (χ0v) is 7.10. The highest BCUT2D eigenvalue weighted by Crippen LogP contribution is 2.08. The van der Waals surface area contributed by atoms with Crippen LogP contribution in [0.15, 0.2) is 17.9 Å². The summed E-state index contributed by atoms with van der Waals surface area (Å²) in [5, 5.41) is 14.6. The van der Waals surface area contributed by atoms with Gasteiger partial charge in [0, 0.05) is 11.6 Å². The molecule has 0 aliphatic rings. The van der Waals surface area contributed by atoms with Gasteiger partial charge in [0.25, 0.3) is 5.82 Å². The van der Waals surface area contributed by atoms with Gasteiger partial charge in [0.05, 0.1) is 0 Å². The molecule has 0 atom stereocenters. The number of nitrogens with zero attached hydrogens (tertiary/aromatic N) is 4. The third-order valence-corrected chi connectivity index (χ3v) is 2.06. The van der Waals surface area contributed by atoms with Crippen LogP contribution in [0.3, 0.4) is 0 Å². The van der Waals surface area contributed by atoms with Gasteiger partial charge in [-0.05, 0) is 0 Å². The molecule has 0 amide bonds. The number of carboxylic acids is 1. The molecule has 1 N–H and O–H groups in total. The molecule has 0 radical (unpaired) electrons. The van der Waals surface area contributed by atoms with Crippen LogP contribution in [0.1, 0.15) is 10.6 Å². The first-order valence-electron chi connectivity index (χ1n) is 3.32. The Kier molecular flexibility index (Phi) is 1.78. The summed E-state index contributed by atoms with van der Waals surface area (Å²) in [6.07, 6.45) is 2.93. The van der Waals surface area contributed by atoms with Crippen LogP contribution in [-0.4, -0.2) is 30.8 Å². The summed E-state index contributed by atoms with van der Waals surface area (Å²) >= 11 is 1.36.